The summed E-state index contributed by atoms with van der Waals surface area (Å²) in [6, 6.07) is 7.04. The predicted octanol–water partition coefficient (Wildman–Crippen LogP) is 3.47. The molecule has 5 nitrogen and oxygen atoms in total. The van der Waals surface area contributed by atoms with Crippen molar-refractivity contribution in [2.45, 2.75) is 58.7 Å². The first-order valence-electron chi connectivity index (χ1n) is 9.74. The first kappa shape index (κ1) is 17.8. The molecule has 0 saturated carbocycles. The lowest BCUT2D eigenvalue weighted by atomic mass is 9.86. The Hall–Kier alpha value is -2.56. The summed E-state index contributed by atoms with van der Waals surface area (Å²) >= 11 is 0. The molecule has 3 atom stereocenters. The third-order valence-electron chi connectivity index (χ3n) is 5.55. The quantitative estimate of drug-likeness (QED) is 0.818. The Balaban J connectivity index is 1.85. The van der Waals surface area contributed by atoms with E-state index in [1.807, 2.05) is 30.9 Å². The van der Waals surface area contributed by atoms with Gasteiger partial charge in [0.05, 0.1) is 6.04 Å². The lowest BCUT2D eigenvalue weighted by molar-refractivity contribution is -0.152. The highest BCUT2D eigenvalue weighted by molar-refractivity contribution is 5.99. The van der Waals surface area contributed by atoms with Gasteiger partial charge in [-0.15, -0.1) is 0 Å². The fourth-order valence-electron chi connectivity index (χ4n) is 4.45. The maximum Gasteiger partial charge on any atom is 0.246 e. The summed E-state index contributed by atoms with van der Waals surface area (Å²) in [6.07, 6.45) is 3.32. The summed E-state index contributed by atoms with van der Waals surface area (Å²) in [5, 5.41) is 4.12. The van der Waals surface area contributed by atoms with Crippen LogP contribution in [0.15, 0.2) is 35.9 Å². The van der Waals surface area contributed by atoms with Crippen LogP contribution in [0.5, 0.6) is 0 Å². The van der Waals surface area contributed by atoms with Crippen LogP contribution in [0.25, 0.3) is 10.9 Å². The molecule has 5 heteroatoms. The number of rotatable bonds is 3. The van der Waals surface area contributed by atoms with Gasteiger partial charge < -0.3 is 15.2 Å². The molecule has 0 spiro atoms. The molecule has 1 saturated heterocycles. The van der Waals surface area contributed by atoms with E-state index in [1.165, 1.54) is 0 Å². The number of carbonyl (C=O) groups excluding carboxylic acids is 2. The predicted molar refractivity (Wildman–Crippen MR) is 106 cm³/mol. The van der Waals surface area contributed by atoms with E-state index in [1.54, 1.807) is 0 Å². The number of para-hydroxylation sites is 1. The zero-order valence-electron chi connectivity index (χ0n) is 16.4. The van der Waals surface area contributed by atoms with Crippen LogP contribution in [-0.4, -0.2) is 33.8 Å². The van der Waals surface area contributed by atoms with E-state index in [9.17, 15) is 9.59 Å². The molecule has 142 valence electrons. The Morgan fingerprint density at radius 1 is 1.26 bits per heavy atom. The van der Waals surface area contributed by atoms with Crippen LogP contribution >= 0.6 is 0 Å². The molecule has 1 aromatic heterocycles. The first-order chi connectivity index (χ1) is 12.9. The third-order valence-corrected chi connectivity index (χ3v) is 5.55. The second kappa shape index (κ2) is 6.55. The number of hydrogen-bond acceptors (Lipinski definition) is 2. The van der Waals surface area contributed by atoms with Gasteiger partial charge in [-0.2, -0.15) is 0 Å². The van der Waals surface area contributed by atoms with Crippen LogP contribution in [0.3, 0.4) is 0 Å². The summed E-state index contributed by atoms with van der Waals surface area (Å²) in [5.41, 5.74) is 4.38. The number of hydrogen-bond donors (Lipinski definition) is 2. The molecule has 2 amide bonds. The molecule has 2 N–H and O–H groups in total. The average molecular weight is 365 g/mol. The minimum absolute atomic E-state index is 0.0279. The minimum Gasteiger partial charge on any atom is -0.356 e. The number of aromatic nitrogens is 1. The molecule has 4 rings (SSSR count). The number of nitrogens with one attached hydrogen (secondary N) is 2. The van der Waals surface area contributed by atoms with Crippen molar-refractivity contribution in [2.24, 2.45) is 5.92 Å². The lowest BCUT2D eigenvalue weighted by Crippen LogP contribution is -2.65. The van der Waals surface area contributed by atoms with Crippen molar-refractivity contribution in [3.63, 3.8) is 0 Å². The molecule has 2 aromatic rings. The molecular formula is C22H27N3O2. The Morgan fingerprint density at radius 3 is 2.70 bits per heavy atom. The monoisotopic (exact) mass is 365 g/mol. The molecule has 0 bridgehead atoms. The number of benzene rings is 1. The highest BCUT2D eigenvalue weighted by atomic mass is 16.2. The third kappa shape index (κ3) is 2.95. The Kier molecular flexibility index (Phi) is 4.33. The summed E-state index contributed by atoms with van der Waals surface area (Å²) < 4.78 is 0. The second-order valence-electron chi connectivity index (χ2n) is 8.41. The van der Waals surface area contributed by atoms with Gasteiger partial charge in [-0.1, -0.05) is 43.7 Å². The normalized spacial score (nSPS) is 24.6. The van der Waals surface area contributed by atoms with E-state index in [4.69, 9.17) is 0 Å². The van der Waals surface area contributed by atoms with Crippen molar-refractivity contribution in [1.82, 2.24) is 15.2 Å². The highest BCUT2D eigenvalue weighted by Gasteiger charge is 2.47. The summed E-state index contributed by atoms with van der Waals surface area (Å²) in [5.74, 6) is 0.328. The molecule has 3 heterocycles. The second-order valence-corrected chi connectivity index (χ2v) is 8.41. The van der Waals surface area contributed by atoms with Crippen molar-refractivity contribution in [3.8, 4) is 0 Å². The maximum absolute atomic E-state index is 13.3. The number of piperazine rings is 1. The van der Waals surface area contributed by atoms with Crippen LogP contribution in [0.1, 0.15) is 51.4 Å². The first-order valence-corrected chi connectivity index (χ1v) is 9.74. The van der Waals surface area contributed by atoms with Crippen LogP contribution in [-0.2, 0) is 16.0 Å². The van der Waals surface area contributed by atoms with Crippen LogP contribution in [0.4, 0.5) is 0 Å². The fourth-order valence-corrected chi connectivity index (χ4v) is 4.45. The zero-order valence-corrected chi connectivity index (χ0v) is 16.4. The van der Waals surface area contributed by atoms with Gasteiger partial charge in [0.25, 0.3) is 0 Å². The zero-order chi connectivity index (χ0) is 19.3. The van der Waals surface area contributed by atoms with Crippen molar-refractivity contribution in [1.29, 1.82) is 0 Å². The van der Waals surface area contributed by atoms with Crippen molar-refractivity contribution in [3.05, 3.63) is 47.2 Å². The smallest absolute Gasteiger partial charge is 0.246 e. The molecule has 2 aliphatic heterocycles. The van der Waals surface area contributed by atoms with Gasteiger partial charge in [0.1, 0.15) is 12.1 Å². The van der Waals surface area contributed by atoms with Gasteiger partial charge in [0.2, 0.25) is 11.8 Å². The Bertz CT molecular complexity index is 936. The number of H-pyrrole nitrogens is 1. The fraction of sp³-hybridized carbons (Fsp3) is 0.455. The summed E-state index contributed by atoms with van der Waals surface area (Å²) in [7, 11) is 0. The van der Waals surface area contributed by atoms with E-state index in [0.29, 0.717) is 18.8 Å². The molecular weight excluding hydrogens is 338 g/mol. The number of aromatic amines is 1. The highest BCUT2D eigenvalue weighted by Crippen LogP contribution is 2.40. The van der Waals surface area contributed by atoms with E-state index < -0.39 is 12.1 Å². The minimum atomic E-state index is -0.451. The van der Waals surface area contributed by atoms with Crippen LogP contribution in [0, 0.1) is 5.92 Å². The number of carbonyl (C=O) groups is 2. The van der Waals surface area contributed by atoms with E-state index in [0.717, 1.165) is 27.7 Å². The van der Waals surface area contributed by atoms with Crippen molar-refractivity contribution >= 4 is 22.7 Å². The van der Waals surface area contributed by atoms with Gasteiger partial charge in [0, 0.05) is 23.0 Å². The van der Waals surface area contributed by atoms with Gasteiger partial charge in [-0.25, -0.2) is 0 Å². The number of amides is 2. The summed E-state index contributed by atoms with van der Waals surface area (Å²) in [4.78, 5) is 31.6. The molecule has 0 radical (unpaired) electrons. The Morgan fingerprint density at radius 2 is 2.00 bits per heavy atom. The van der Waals surface area contributed by atoms with E-state index in [-0.39, 0.29) is 17.9 Å². The molecule has 27 heavy (non-hydrogen) atoms. The largest absolute Gasteiger partial charge is 0.356 e. The van der Waals surface area contributed by atoms with Crippen molar-refractivity contribution in [2.75, 3.05) is 0 Å². The average Bonchev–Trinajstić information content (AvgIpc) is 2.97. The van der Waals surface area contributed by atoms with Crippen molar-refractivity contribution < 1.29 is 9.59 Å². The van der Waals surface area contributed by atoms with Gasteiger partial charge in [0.15, 0.2) is 0 Å². The molecule has 1 aromatic carbocycles. The standard InChI is InChI=1S/C22H27N3O2/c1-12(2)9-17-22(27)25-18(10-13(3)4)20-15(11-19(25)21(26)24-17)14-7-5-6-8-16(14)23-20/h5-8,10,12,17-19,23H,9,11H2,1-4H3,(H,24,26)/t17-,18?,19-/m0/s1. The number of allylic oxidation sites excluding steroid dienone is 1. The molecule has 2 aliphatic rings. The molecule has 0 aliphatic carbocycles. The van der Waals surface area contributed by atoms with Gasteiger partial charge in [-0.3, -0.25) is 9.59 Å². The number of fused-ring (bicyclic) bond motifs is 4. The molecule has 1 unspecified atom stereocenters. The van der Waals surface area contributed by atoms with Crippen LogP contribution < -0.4 is 5.32 Å². The Labute approximate surface area is 159 Å². The lowest BCUT2D eigenvalue weighted by Gasteiger charge is -2.45. The SMILES string of the molecule is CC(C)=CC1c2[nH]c3ccccc3c2C[C@H]2C(=O)N[C@@H](CC(C)C)C(=O)N12. The topological polar surface area (TPSA) is 65.2 Å². The number of nitrogens with zero attached hydrogens (tertiary/aromatic N) is 1. The summed E-state index contributed by atoms with van der Waals surface area (Å²) in [6.45, 7) is 8.22. The van der Waals surface area contributed by atoms with Crippen LogP contribution in [0.2, 0.25) is 0 Å². The maximum atomic E-state index is 13.3. The van der Waals surface area contributed by atoms with Gasteiger partial charge >= 0.3 is 0 Å². The van der Waals surface area contributed by atoms with Gasteiger partial charge in [-0.05, 0) is 37.8 Å². The molecule has 1 fully saturated rings. The van der Waals surface area contributed by atoms with E-state index >= 15 is 0 Å². The van der Waals surface area contributed by atoms with E-state index in [2.05, 4.69) is 42.4 Å².